The summed E-state index contributed by atoms with van der Waals surface area (Å²) < 4.78 is 0. The fraction of sp³-hybridized carbons (Fsp3) is 0.667. The van der Waals surface area contributed by atoms with E-state index < -0.39 is 0 Å². The fourth-order valence-corrected chi connectivity index (χ4v) is 2.17. The number of nitrogen functional groups attached to an aromatic ring is 1. The highest BCUT2D eigenvalue weighted by molar-refractivity contribution is 5.39. The lowest BCUT2D eigenvalue weighted by Crippen LogP contribution is -2.40. The molecule has 1 aliphatic heterocycles. The third-order valence-electron chi connectivity index (χ3n) is 3.68. The highest BCUT2D eigenvalue weighted by atomic mass is 15.3. The van der Waals surface area contributed by atoms with E-state index in [2.05, 4.69) is 39.6 Å². The monoisotopic (exact) mass is 250 g/mol. The maximum Gasteiger partial charge on any atom is 0.239 e. The summed E-state index contributed by atoms with van der Waals surface area (Å²) in [6.45, 7) is 5.59. The SMILES string of the molecule is CN1CCC(C)(CNc2ccnc(NN)n2)CC1. The van der Waals surface area contributed by atoms with Gasteiger partial charge in [-0.1, -0.05) is 6.92 Å². The lowest BCUT2D eigenvalue weighted by Gasteiger charge is -2.38. The number of hydrogen-bond donors (Lipinski definition) is 3. The number of rotatable bonds is 4. The summed E-state index contributed by atoms with van der Waals surface area (Å²) in [4.78, 5) is 10.6. The number of hydrogen-bond acceptors (Lipinski definition) is 6. The number of nitrogens with one attached hydrogen (secondary N) is 2. The molecule has 0 atom stereocenters. The Morgan fingerprint density at radius 2 is 2.17 bits per heavy atom. The van der Waals surface area contributed by atoms with Gasteiger partial charge < -0.3 is 10.2 Å². The van der Waals surface area contributed by atoms with Crippen LogP contribution in [0.1, 0.15) is 19.8 Å². The van der Waals surface area contributed by atoms with Crippen LogP contribution in [0.15, 0.2) is 12.3 Å². The number of nitrogens with zero attached hydrogens (tertiary/aromatic N) is 3. The number of likely N-dealkylation sites (tertiary alicyclic amines) is 1. The van der Waals surface area contributed by atoms with Crippen molar-refractivity contribution >= 4 is 11.8 Å². The molecule has 6 nitrogen and oxygen atoms in total. The Morgan fingerprint density at radius 1 is 1.44 bits per heavy atom. The molecule has 0 bridgehead atoms. The summed E-state index contributed by atoms with van der Waals surface area (Å²) >= 11 is 0. The van der Waals surface area contributed by atoms with Gasteiger partial charge in [0.15, 0.2) is 0 Å². The predicted molar refractivity (Wildman–Crippen MR) is 73.2 cm³/mol. The molecule has 0 aliphatic carbocycles. The van der Waals surface area contributed by atoms with Crippen LogP contribution in [0, 0.1) is 5.41 Å². The number of nitrogens with two attached hydrogens (primary N) is 1. The van der Waals surface area contributed by atoms with Gasteiger partial charge in [-0.2, -0.15) is 4.98 Å². The van der Waals surface area contributed by atoms with E-state index in [1.165, 1.54) is 12.8 Å². The first-order valence-electron chi connectivity index (χ1n) is 6.33. The van der Waals surface area contributed by atoms with Crippen LogP contribution in [0.5, 0.6) is 0 Å². The molecule has 2 heterocycles. The Bertz CT molecular complexity index is 386. The van der Waals surface area contributed by atoms with Crippen LogP contribution in [0.4, 0.5) is 11.8 Å². The van der Waals surface area contributed by atoms with E-state index in [1.807, 2.05) is 6.07 Å². The van der Waals surface area contributed by atoms with E-state index in [9.17, 15) is 0 Å². The zero-order valence-electron chi connectivity index (χ0n) is 11.1. The van der Waals surface area contributed by atoms with Gasteiger partial charge in [0.1, 0.15) is 5.82 Å². The second kappa shape index (κ2) is 5.49. The molecule has 0 unspecified atom stereocenters. The van der Waals surface area contributed by atoms with Crippen molar-refractivity contribution in [2.45, 2.75) is 19.8 Å². The van der Waals surface area contributed by atoms with Crippen molar-refractivity contribution < 1.29 is 0 Å². The maximum absolute atomic E-state index is 5.29. The first-order valence-corrected chi connectivity index (χ1v) is 6.33. The van der Waals surface area contributed by atoms with Crippen LogP contribution in [-0.4, -0.2) is 41.5 Å². The third-order valence-corrected chi connectivity index (χ3v) is 3.68. The van der Waals surface area contributed by atoms with Gasteiger partial charge in [0.2, 0.25) is 5.95 Å². The average molecular weight is 250 g/mol. The lowest BCUT2D eigenvalue weighted by atomic mass is 9.80. The zero-order chi connectivity index (χ0) is 13.0. The molecule has 0 radical (unpaired) electrons. The Kier molecular flexibility index (Phi) is 3.98. The minimum Gasteiger partial charge on any atom is -0.369 e. The topological polar surface area (TPSA) is 79.1 Å². The van der Waals surface area contributed by atoms with Crippen molar-refractivity contribution in [2.75, 3.05) is 37.4 Å². The van der Waals surface area contributed by atoms with Crippen molar-refractivity contribution in [2.24, 2.45) is 11.3 Å². The van der Waals surface area contributed by atoms with Gasteiger partial charge >= 0.3 is 0 Å². The molecular weight excluding hydrogens is 228 g/mol. The predicted octanol–water partition coefficient (Wildman–Crippen LogP) is 0.906. The summed E-state index contributed by atoms with van der Waals surface area (Å²) in [6, 6.07) is 1.86. The minimum absolute atomic E-state index is 0.341. The van der Waals surface area contributed by atoms with E-state index in [4.69, 9.17) is 5.84 Å². The molecule has 2 rings (SSSR count). The summed E-state index contributed by atoms with van der Waals surface area (Å²) in [5.41, 5.74) is 2.79. The van der Waals surface area contributed by atoms with E-state index in [-0.39, 0.29) is 0 Å². The second-order valence-corrected chi connectivity index (χ2v) is 5.38. The van der Waals surface area contributed by atoms with Crippen molar-refractivity contribution in [1.29, 1.82) is 0 Å². The number of aromatic nitrogens is 2. The van der Waals surface area contributed by atoms with E-state index in [1.54, 1.807) is 6.20 Å². The summed E-state index contributed by atoms with van der Waals surface area (Å²) in [5, 5.41) is 3.38. The molecule has 0 spiro atoms. The van der Waals surface area contributed by atoms with Gasteiger partial charge in [-0.05, 0) is 44.5 Å². The molecule has 1 saturated heterocycles. The molecule has 1 aromatic rings. The molecule has 18 heavy (non-hydrogen) atoms. The Balaban J connectivity index is 1.90. The van der Waals surface area contributed by atoms with Crippen LogP contribution in [0.3, 0.4) is 0 Å². The standard InChI is InChI=1S/C12H22N6/c1-12(4-7-18(2)8-5-12)9-15-10-3-6-14-11(16-10)17-13/h3,6H,4-5,7-9,13H2,1-2H3,(H2,14,15,16,17). The fourth-order valence-electron chi connectivity index (χ4n) is 2.17. The molecule has 4 N–H and O–H groups in total. The van der Waals surface area contributed by atoms with Crippen molar-refractivity contribution in [1.82, 2.24) is 14.9 Å². The summed E-state index contributed by atoms with van der Waals surface area (Å²) in [6.07, 6.45) is 4.12. The van der Waals surface area contributed by atoms with Gasteiger partial charge in [0.05, 0.1) is 0 Å². The molecule has 0 saturated carbocycles. The molecule has 0 amide bonds. The van der Waals surface area contributed by atoms with E-state index in [0.29, 0.717) is 11.4 Å². The van der Waals surface area contributed by atoms with Gasteiger partial charge in [-0.3, -0.25) is 5.43 Å². The minimum atomic E-state index is 0.341. The number of anilines is 2. The number of hydrazine groups is 1. The Morgan fingerprint density at radius 3 is 2.83 bits per heavy atom. The largest absolute Gasteiger partial charge is 0.369 e. The van der Waals surface area contributed by atoms with Gasteiger partial charge in [0.25, 0.3) is 0 Å². The van der Waals surface area contributed by atoms with Crippen molar-refractivity contribution in [3.63, 3.8) is 0 Å². The molecule has 1 fully saturated rings. The molecule has 0 aromatic carbocycles. The molecule has 1 aromatic heterocycles. The summed E-state index contributed by atoms with van der Waals surface area (Å²) in [7, 11) is 2.18. The highest BCUT2D eigenvalue weighted by Crippen LogP contribution is 2.30. The first kappa shape index (κ1) is 13.0. The van der Waals surface area contributed by atoms with Crippen LogP contribution in [0.2, 0.25) is 0 Å². The molecule has 6 heteroatoms. The van der Waals surface area contributed by atoms with Crippen molar-refractivity contribution in [3.8, 4) is 0 Å². The average Bonchev–Trinajstić information content (AvgIpc) is 2.41. The quantitative estimate of drug-likeness (QED) is 0.544. The van der Waals surface area contributed by atoms with Gasteiger partial charge in [-0.15, -0.1) is 0 Å². The zero-order valence-corrected chi connectivity index (χ0v) is 11.1. The van der Waals surface area contributed by atoms with Crippen LogP contribution < -0.4 is 16.6 Å². The molecule has 100 valence electrons. The van der Waals surface area contributed by atoms with E-state index in [0.717, 1.165) is 25.5 Å². The first-order chi connectivity index (χ1) is 8.61. The third kappa shape index (κ3) is 3.30. The highest BCUT2D eigenvalue weighted by Gasteiger charge is 2.28. The van der Waals surface area contributed by atoms with E-state index >= 15 is 0 Å². The Hall–Kier alpha value is -1.40. The summed E-state index contributed by atoms with van der Waals surface area (Å²) in [5.74, 6) is 6.55. The van der Waals surface area contributed by atoms with Gasteiger partial charge in [-0.25, -0.2) is 10.8 Å². The lowest BCUT2D eigenvalue weighted by molar-refractivity contribution is 0.150. The van der Waals surface area contributed by atoms with Crippen molar-refractivity contribution in [3.05, 3.63) is 12.3 Å². The van der Waals surface area contributed by atoms with Gasteiger partial charge in [0, 0.05) is 12.7 Å². The van der Waals surface area contributed by atoms with Crippen LogP contribution in [0.25, 0.3) is 0 Å². The molecule has 1 aliphatic rings. The Labute approximate surface area is 108 Å². The maximum atomic E-state index is 5.29. The number of piperidine rings is 1. The smallest absolute Gasteiger partial charge is 0.239 e. The molecular formula is C12H22N6. The second-order valence-electron chi connectivity index (χ2n) is 5.38. The normalized spacial score (nSPS) is 19.5. The van der Waals surface area contributed by atoms with Crippen LogP contribution >= 0.6 is 0 Å². The van der Waals surface area contributed by atoms with Crippen LogP contribution in [-0.2, 0) is 0 Å².